The summed E-state index contributed by atoms with van der Waals surface area (Å²) in [6.45, 7) is 0.280. The lowest BCUT2D eigenvalue weighted by Crippen LogP contribution is -2.25. The maximum atomic E-state index is 12.9. The van der Waals surface area contributed by atoms with E-state index in [1.807, 2.05) is 12.1 Å². The van der Waals surface area contributed by atoms with Gasteiger partial charge >= 0.3 is 0 Å². The Kier molecular flexibility index (Phi) is 6.03. The molecule has 0 radical (unpaired) electrons. The molecule has 27 heavy (non-hydrogen) atoms. The van der Waals surface area contributed by atoms with Crippen LogP contribution in [0.4, 0.5) is 0 Å². The molecule has 7 nitrogen and oxygen atoms in total. The van der Waals surface area contributed by atoms with Gasteiger partial charge in [-0.25, -0.2) is 17.7 Å². The molecule has 0 amide bonds. The lowest BCUT2D eigenvalue weighted by atomic mass is 10.2. The van der Waals surface area contributed by atoms with Gasteiger partial charge < -0.3 is 4.42 Å². The number of aromatic nitrogens is 2. The molecule has 9 heteroatoms. The number of hydrogen-bond acceptors (Lipinski definition) is 6. The molecule has 0 atom stereocenters. The fraction of sp³-hybridized carbons (Fsp3) is 0.333. The smallest absolute Gasteiger partial charge is 0.262 e. The van der Waals surface area contributed by atoms with Gasteiger partial charge in [0.15, 0.2) is 5.16 Å². The van der Waals surface area contributed by atoms with Crippen molar-refractivity contribution in [3.63, 3.8) is 0 Å². The number of rotatable bonds is 8. The van der Waals surface area contributed by atoms with Gasteiger partial charge in [0.05, 0.1) is 29.5 Å². The summed E-state index contributed by atoms with van der Waals surface area (Å²) < 4.78 is 31.9. The minimum Gasteiger partial charge on any atom is -0.467 e. The summed E-state index contributed by atoms with van der Waals surface area (Å²) in [5, 5.41) is 1.10. The number of benzene rings is 1. The molecule has 0 saturated heterocycles. The second-order valence-corrected chi connectivity index (χ2v) is 9.55. The third-order valence-corrected chi connectivity index (χ3v) is 7.03. The summed E-state index contributed by atoms with van der Waals surface area (Å²) >= 11 is 1.38. The van der Waals surface area contributed by atoms with E-state index in [2.05, 4.69) is 4.98 Å². The van der Waals surface area contributed by atoms with Gasteiger partial charge in [-0.3, -0.25) is 9.36 Å². The highest BCUT2D eigenvalue weighted by Crippen LogP contribution is 2.20. The topological polar surface area (TPSA) is 85.4 Å². The monoisotopic (exact) mass is 407 g/mol. The molecular formula is C18H21N3O4S2. The van der Waals surface area contributed by atoms with Crippen molar-refractivity contribution in [2.45, 2.75) is 18.1 Å². The molecule has 2 aromatic heterocycles. The minimum atomic E-state index is -3.23. The van der Waals surface area contributed by atoms with E-state index in [4.69, 9.17) is 4.42 Å². The van der Waals surface area contributed by atoms with Gasteiger partial charge in [-0.15, -0.1) is 0 Å². The summed E-state index contributed by atoms with van der Waals surface area (Å²) in [5.41, 5.74) is 0.488. The van der Waals surface area contributed by atoms with Crippen LogP contribution in [0.5, 0.6) is 0 Å². The number of nitrogens with zero attached hydrogens (tertiary/aromatic N) is 3. The van der Waals surface area contributed by atoms with E-state index in [-0.39, 0.29) is 17.9 Å². The number of hydrogen-bond donors (Lipinski definition) is 0. The summed E-state index contributed by atoms with van der Waals surface area (Å²) in [5.74, 6) is 1.25. The first-order valence-electron chi connectivity index (χ1n) is 8.43. The molecule has 3 rings (SSSR count). The van der Waals surface area contributed by atoms with Gasteiger partial charge in [0.1, 0.15) is 5.76 Å². The van der Waals surface area contributed by atoms with Crippen molar-refractivity contribution in [1.82, 2.24) is 13.9 Å². The molecule has 0 unspecified atom stereocenters. The Labute approximate surface area is 162 Å². The van der Waals surface area contributed by atoms with Crippen molar-refractivity contribution in [1.29, 1.82) is 0 Å². The lowest BCUT2D eigenvalue weighted by Gasteiger charge is -2.13. The fourth-order valence-corrected chi connectivity index (χ4v) is 4.54. The average molecular weight is 408 g/mol. The zero-order valence-corrected chi connectivity index (χ0v) is 16.8. The van der Waals surface area contributed by atoms with Crippen LogP contribution in [0.2, 0.25) is 0 Å². The first-order chi connectivity index (χ1) is 12.9. The Bertz CT molecular complexity index is 1070. The molecule has 0 aliphatic carbocycles. The fourth-order valence-electron chi connectivity index (χ4n) is 2.54. The van der Waals surface area contributed by atoms with Crippen molar-refractivity contribution in [3.8, 4) is 0 Å². The summed E-state index contributed by atoms with van der Waals surface area (Å²) in [4.78, 5) is 17.5. The molecule has 0 spiro atoms. The van der Waals surface area contributed by atoms with Crippen molar-refractivity contribution in [2.24, 2.45) is 0 Å². The van der Waals surface area contributed by atoms with E-state index >= 15 is 0 Å². The van der Waals surface area contributed by atoms with Crippen molar-refractivity contribution in [2.75, 3.05) is 25.6 Å². The van der Waals surface area contributed by atoms with Gasteiger partial charge in [-0.1, -0.05) is 23.9 Å². The van der Waals surface area contributed by atoms with Gasteiger partial charge in [0.2, 0.25) is 10.0 Å². The van der Waals surface area contributed by atoms with Crippen LogP contribution in [0, 0.1) is 0 Å². The maximum Gasteiger partial charge on any atom is 0.262 e. The first-order valence-corrected chi connectivity index (χ1v) is 11.0. The molecular weight excluding hydrogens is 386 g/mol. The summed E-state index contributed by atoms with van der Waals surface area (Å²) in [6, 6.07) is 10.8. The molecule has 0 saturated carbocycles. The van der Waals surface area contributed by atoms with E-state index in [9.17, 15) is 13.2 Å². The Balaban J connectivity index is 1.85. The third-order valence-electron chi connectivity index (χ3n) is 4.05. The van der Waals surface area contributed by atoms with Crippen molar-refractivity contribution < 1.29 is 12.8 Å². The molecule has 3 aromatic rings. The molecule has 2 heterocycles. The molecule has 144 valence electrons. The zero-order chi connectivity index (χ0) is 19.4. The van der Waals surface area contributed by atoms with Crippen molar-refractivity contribution >= 4 is 32.7 Å². The Morgan fingerprint density at radius 2 is 1.96 bits per heavy atom. The van der Waals surface area contributed by atoms with Crippen LogP contribution in [-0.2, 0) is 16.6 Å². The highest BCUT2D eigenvalue weighted by atomic mass is 32.2. The second kappa shape index (κ2) is 8.28. The van der Waals surface area contributed by atoms with Crippen LogP contribution in [0.15, 0.2) is 57.0 Å². The van der Waals surface area contributed by atoms with Crippen LogP contribution in [0.3, 0.4) is 0 Å². The Morgan fingerprint density at radius 3 is 2.67 bits per heavy atom. The molecule has 1 aromatic carbocycles. The maximum absolute atomic E-state index is 12.9. The zero-order valence-electron chi connectivity index (χ0n) is 15.2. The van der Waals surface area contributed by atoms with Crippen molar-refractivity contribution in [3.05, 3.63) is 58.8 Å². The van der Waals surface area contributed by atoms with Gasteiger partial charge in [-0.2, -0.15) is 0 Å². The Hall–Kier alpha value is -2.10. The van der Waals surface area contributed by atoms with Crippen LogP contribution in [0.1, 0.15) is 12.2 Å². The average Bonchev–Trinajstić information content (AvgIpc) is 3.15. The normalized spacial score (nSPS) is 12.1. The lowest BCUT2D eigenvalue weighted by molar-refractivity contribution is 0.476. The quantitative estimate of drug-likeness (QED) is 0.324. The minimum absolute atomic E-state index is 0.0585. The Morgan fingerprint density at radius 1 is 1.19 bits per heavy atom. The van der Waals surface area contributed by atoms with Crippen LogP contribution in [-0.4, -0.2) is 47.9 Å². The summed E-state index contributed by atoms with van der Waals surface area (Å²) in [6.07, 6.45) is 2.03. The van der Waals surface area contributed by atoms with E-state index in [0.29, 0.717) is 34.0 Å². The number of thioether (sulfide) groups is 1. The SMILES string of the molecule is CN(C)S(=O)(=O)CCCSc1nc2ccccc2c(=O)n1Cc1ccco1. The number of para-hydroxylation sites is 1. The second-order valence-electron chi connectivity index (χ2n) is 6.18. The standard InChI is InChI=1S/C18H21N3O4S2/c1-20(2)27(23,24)12-6-11-26-18-19-16-9-4-3-8-15(16)17(22)21(18)13-14-7-5-10-25-14/h3-5,7-10H,6,11-13H2,1-2H3. The predicted octanol–water partition coefficient (Wildman–Crippen LogP) is 2.41. The van der Waals surface area contributed by atoms with Gasteiger partial charge in [-0.05, 0) is 30.7 Å². The van der Waals surface area contributed by atoms with Crippen LogP contribution >= 0.6 is 11.8 Å². The largest absolute Gasteiger partial charge is 0.467 e. The third kappa shape index (κ3) is 4.60. The number of sulfonamides is 1. The number of furan rings is 1. The molecule has 0 fully saturated rings. The summed E-state index contributed by atoms with van der Waals surface area (Å²) in [7, 11) is -0.186. The molecule has 0 bridgehead atoms. The van der Waals surface area contributed by atoms with Gasteiger partial charge in [0.25, 0.3) is 5.56 Å². The highest BCUT2D eigenvalue weighted by Gasteiger charge is 2.15. The van der Waals surface area contributed by atoms with Crippen LogP contribution < -0.4 is 5.56 Å². The molecule has 0 aliphatic heterocycles. The first kappa shape index (κ1) is 19.7. The molecule has 0 N–H and O–H groups in total. The van der Waals surface area contributed by atoms with E-state index in [0.717, 1.165) is 0 Å². The van der Waals surface area contributed by atoms with E-state index in [1.54, 1.807) is 35.1 Å². The number of fused-ring (bicyclic) bond motifs is 1. The van der Waals surface area contributed by atoms with E-state index in [1.165, 1.54) is 30.2 Å². The predicted molar refractivity (Wildman–Crippen MR) is 107 cm³/mol. The highest BCUT2D eigenvalue weighted by molar-refractivity contribution is 7.99. The van der Waals surface area contributed by atoms with E-state index < -0.39 is 10.0 Å². The van der Waals surface area contributed by atoms with Gasteiger partial charge in [0, 0.05) is 19.8 Å². The van der Waals surface area contributed by atoms with Crippen LogP contribution in [0.25, 0.3) is 10.9 Å². The molecule has 0 aliphatic rings.